The number of carbonyl (C=O) groups is 1. The van der Waals surface area contributed by atoms with Crippen molar-refractivity contribution < 1.29 is 24.1 Å². The Kier molecular flexibility index (Phi) is 7.84. The summed E-state index contributed by atoms with van der Waals surface area (Å²) < 4.78 is 15.6. The molecule has 2 aromatic carbocycles. The second-order valence-corrected chi connectivity index (χ2v) is 6.48. The smallest absolute Gasteiger partial charge is 0.189 e. The second-order valence-electron chi connectivity index (χ2n) is 6.48. The lowest BCUT2D eigenvalue weighted by molar-refractivity contribution is 0.0505. The Morgan fingerprint density at radius 3 is 2.54 bits per heavy atom. The Morgan fingerprint density at radius 2 is 1.89 bits per heavy atom. The molecule has 0 aliphatic heterocycles. The van der Waals surface area contributed by atoms with Crippen molar-refractivity contribution in [3.8, 4) is 17.2 Å². The number of allylic oxidation sites excluding steroid dienone is 3. The van der Waals surface area contributed by atoms with Crippen LogP contribution in [0.25, 0.3) is 6.08 Å². The van der Waals surface area contributed by atoms with Crippen LogP contribution in [-0.2, 0) is 11.2 Å². The van der Waals surface area contributed by atoms with Crippen LogP contribution in [0.4, 0.5) is 0 Å². The van der Waals surface area contributed by atoms with Crippen LogP contribution in [0.1, 0.15) is 35.3 Å². The average molecular weight is 382 g/mol. The molecule has 148 valence electrons. The molecular formula is C23H26O5. The van der Waals surface area contributed by atoms with Gasteiger partial charge in [-0.15, -0.1) is 0 Å². The molecule has 0 fully saturated rings. The van der Waals surface area contributed by atoms with E-state index in [1.165, 1.54) is 24.8 Å². The number of benzene rings is 2. The number of ketones is 1. The van der Waals surface area contributed by atoms with Gasteiger partial charge in [-0.3, -0.25) is 4.79 Å². The maximum atomic E-state index is 12.4. The quantitative estimate of drug-likeness (QED) is 0.292. The molecule has 0 heterocycles. The van der Waals surface area contributed by atoms with Crippen LogP contribution < -0.4 is 9.47 Å². The summed E-state index contributed by atoms with van der Waals surface area (Å²) in [6.07, 6.45) is 5.99. The van der Waals surface area contributed by atoms with E-state index in [-0.39, 0.29) is 23.9 Å². The molecule has 2 aromatic rings. The van der Waals surface area contributed by atoms with Gasteiger partial charge in [0.1, 0.15) is 17.2 Å². The van der Waals surface area contributed by atoms with Crippen molar-refractivity contribution in [3.63, 3.8) is 0 Å². The van der Waals surface area contributed by atoms with E-state index in [4.69, 9.17) is 14.2 Å². The van der Waals surface area contributed by atoms with Gasteiger partial charge in [0.2, 0.25) is 0 Å². The van der Waals surface area contributed by atoms with Crippen LogP contribution in [0.2, 0.25) is 0 Å². The van der Waals surface area contributed by atoms with Gasteiger partial charge in [0.15, 0.2) is 12.6 Å². The summed E-state index contributed by atoms with van der Waals surface area (Å²) in [5, 5.41) is 10.0. The van der Waals surface area contributed by atoms with Crippen molar-refractivity contribution >= 4 is 11.9 Å². The number of aromatic hydroxyl groups is 1. The Morgan fingerprint density at radius 1 is 1.11 bits per heavy atom. The monoisotopic (exact) mass is 382 g/mol. The SMILES string of the molecule is COCOc1ccc(C=CC(=O)c2ccc(OC)cc2O)cc1CC=C(C)C. The maximum absolute atomic E-state index is 12.4. The number of phenolic OH excluding ortho intramolecular Hbond substituents is 1. The molecule has 2 rings (SSSR count). The average Bonchev–Trinajstić information content (AvgIpc) is 2.69. The number of rotatable bonds is 9. The molecule has 0 saturated carbocycles. The van der Waals surface area contributed by atoms with Gasteiger partial charge in [-0.1, -0.05) is 23.8 Å². The standard InChI is InChI=1S/C23H26O5/c1-16(2)5-8-18-13-17(7-12-23(18)28-15-26-3)6-11-21(24)20-10-9-19(27-4)14-22(20)25/h5-7,9-14,25H,8,15H2,1-4H3. The number of ether oxygens (including phenoxy) is 3. The van der Waals surface area contributed by atoms with Gasteiger partial charge in [0.25, 0.3) is 0 Å². The topological polar surface area (TPSA) is 65.0 Å². The fourth-order valence-corrected chi connectivity index (χ4v) is 2.55. The molecule has 5 heteroatoms. The van der Waals surface area contributed by atoms with Gasteiger partial charge >= 0.3 is 0 Å². The van der Waals surface area contributed by atoms with E-state index in [2.05, 4.69) is 6.08 Å². The Labute approximate surface area is 165 Å². The number of carbonyl (C=O) groups excluding carboxylic acids is 1. The first-order valence-corrected chi connectivity index (χ1v) is 8.92. The van der Waals surface area contributed by atoms with Gasteiger partial charge in [-0.25, -0.2) is 0 Å². The molecule has 0 amide bonds. The summed E-state index contributed by atoms with van der Waals surface area (Å²) in [5.74, 6) is 0.844. The molecule has 5 nitrogen and oxygen atoms in total. The van der Waals surface area contributed by atoms with Crippen LogP contribution in [0.3, 0.4) is 0 Å². The Bertz CT molecular complexity index is 877. The summed E-state index contributed by atoms with van der Waals surface area (Å²) in [7, 11) is 3.08. The molecule has 0 aromatic heterocycles. The first-order chi connectivity index (χ1) is 13.4. The number of hydrogen-bond acceptors (Lipinski definition) is 5. The lowest BCUT2D eigenvalue weighted by Gasteiger charge is -2.11. The van der Waals surface area contributed by atoms with E-state index in [0.29, 0.717) is 5.75 Å². The number of methoxy groups -OCH3 is 2. The lowest BCUT2D eigenvalue weighted by atomic mass is 10.0. The summed E-state index contributed by atoms with van der Waals surface area (Å²) in [6, 6.07) is 10.3. The zero-order chi connectivity index (χ0) is 20.5. The zero-order valence-corrected chi connectivity index (χ0v) is 16.7. The van der Waals surface area contributed by atoms with E-state index < -0.39 is 0 Å². The van der Waals surface area contributed by atoms with Gasteiger partial charge < -0.3 is 19.3 Å². The predicted molar refractivity (Wildman–Crippen MR) is 110 cm³/mol. The summed E-state index contributed by atoms with van der Waals surface area (Å²) in [6.45, 7) is 4.26. The molecule has 0 unspecified atom stereocenters. The second kappa shape index (κ2) is 10.3. The first-order valence-electron chi connectivity index (χ1n) is 8.92. The minimum atomic E-state index is -0.286. The fraction of sp³-hybridized carbons (Fsp3) is 0.261. The molecule has 0 saturated heterocycles. The van der Waals surface area contributed by atoms with Gasteiger partial charge in [-0.05, 0) is 61.7 Å². The highest BCUT2D eigenvalue weighted by Crippen LogP contribution is 2.25. The van der Waals surface area contributed by atoms with Crippen molar-refractivity contribution in [2.45, 2.75) is 20.3 Å². The molecule has 0 bridgehead atoms. The van der Waals surface area contributed by atoms with Crippen LogP contribution in [0.5, 0.6) is 17.2 Å². The van der Waals surface area contributed by atoms with Gasteiger partial charge in [0, 0.05) is 13.2 Å². The summed E-state index contributed by atoms with van der Waals surface area (Å²) >= 11 is 0. The normalized spacial score (nSPS) is 10.7. The third-order valence-electron chi connectivity index (χ3n) is 4.04. The molecule has 0 spiro atoms. The highest BCUT2D eigenvalue weighted by molar-refractivity contribution is 6.08. The minimum Gasteiger partial charge on any atom is -0.507 e. The first kappa shape index (κ1) is 21.3. The third kappa shape index (κ3) is 5.99. The van der Waals surface area contributed by atoms with E-state index in [1.54, 1.807) is 25.3 Å². The number of hydrogen-bond donors (Lipinski definition) is 1. The van der Waals surface area contributed by atoms with Crippen LogP contribution in [-0.4, -0.2) is 31.9 Å². The minimum absolute atomic E-state index is 0.110. The van der Waals surface area contributed by atoms with Crippen LogP contribution >= 0.6 is 0 Å². The van der Waals surface area contributed by atoms with E-state index >= 15 is 0 Å². The van der Waals surface area contributed by atoms with E-state index in [0.717, 1.165) is 23.3 Å². The molecule has 0 radical (unpaired) electrons. The Balaban J connectivity index is 2.23. The predicted octanol–water partition coefficient (Wildman–Crippen LogP) is 4.79. The maximum Gasteiger partial charge on any atom is 0.189 e. The number of phenols is 1. The van der Waals surface area contributed by atoms with Crippen molar-refractivity contribution in [2.75, 3.05) is 21.0 Å². The van der Waals surface area contributed by atoms with E-state index in [9.17, 15) is 9.90 Å². The summed E-state index contributed by atoms with van der Waals surface area (Å²) in [5.41, 5.74) is 3.30. The molecule has 0 aliphatic carbocycles. The van der Waals surface area contributed by atoms with Crippen molar-refractivity contribution in [1.82, 2.24) is 0 Å². The van der Waals surface area contributed by atoms with Crippen molar-refractivity contribution in [2.24, 2.45) is 0 Å². The molecular weight excluding hydrogens is 356 g/mol. The third-order valence-corrected chi connectivity index (χ3v) is 4.04. The summed E-state index contributed by atoms with van der Waals surface area (Å²) in [4.78, 5) is 12.4. The van der Waals surface area contributed by atoms with Crippen LogP contribution in [0, 0.1) is 0 Å². The Hall–Kier alpha value is -3.05. The molecule has 0 atom stereocenters. The molecule has 1 N–H and O–H groups in total. The molecule has 28 heavy (non-hydrogen) atoms. The van der Waals surface area contributed by atoms with Gasteiger partial charge in [0.05, 0.1) is 12.7 Å². The van der Waals surface area contributed by atoms with Crippen LogP contribution in [0.15, 0.2) is 54.1 Å². The highest BCUT2D eigenvalue weighted by atomic mass is 16.7. The lowest BCUT2D eigenvalue weighted by Crippen LogP contribution is -2.02. The van der Waals surface area contributed by atoms with Gasteiger partial charge in [-0.2, -0.15) is 0 Å². The van der Waals surface area contributed by atoms with Crippen molar-refractivity contribution in [3.05, 3.63) is 70.8 Å². The van der Waals surface area contributed by atoms with Crippen molar-refractivity contribution in [1.29, 1.82) is 0 Å². The fourth-order valence-electron chi connectivity index (χ4n) is 2.55. The molecule has 0 aliphatic rings. The largest absolute Gasteiger partial charge is 0.507 e. The highest BCUT2D eigenvalue weighted by Gasteiger charge is 2.10. The zero-order valence-electron chi connectivity index (χ0n) is 16.7. The van der Waals surface area contributed by atoms with E-state index in [1.807, 2.05) is 32.0 Å².